The van der Waals surface area contributed by atoms with E-state index in [1.165, 1.54) is 19.8 Å². The van der Waals surface area contributed by atoms with E-state index < -0.39 is 0 Å². The molecule has 0 spiro atoms. The molecule has 3 rings (SSSR count). The zero-order chi connectivity index (χ0) is 17.8. The number of likely N-dealkylation sites (tertiary alicyclic amines) is 2. The lowest BCUT2D eigenvalue weighted by Crippen LogP contribution is -2.44. The lowest BCUT2D eigenvalue weighted by atomic mass is 10.1. The lowest BCUT2D eigenvalue weighted by Gasteiger charge is -2.29. The Hall–Kier alpha value is -2.08. The molecule has 0 aliphatic carbocycles. The minimum atomic E-state index is -0.119. The van der Waals surface area contributed by atoms with Crippen molar-refractivity contribution in [3.63, 3.8) is 0 Å². The maximum atomic E-state index is 12.8. The van der Waals surface area contributed by atoms with E-state index in [-0.39, 0.29) is 11.9 Å². The van der Waals surface area contributed by atoms with E-state index in [9.17, 15) is 9.59 Å². The van der Waals surface area contributed by atoms with Crippen molar-refractivity contribution in [1.29, 1.82) is 0 Å². The molecule has 6 heteroatoms. The Kier molecular flexibility index (Phi) is 5.58. The van der Waals surface area contributed by atoms with Gasteiger partial charge in [-0.15, -0.1) is 0 Å². The third-order valence-corrected chi connectivity index (χ3v) is 5.11. The van der Waals surface area contributed by atoms with Crippen molar-refractivity contribution < 1.29 is 9.59 Å². The quantitative estimate of drug-likeness (QED) is 0.882. The summed E-state index contributed by atoms with van der Waals surface area (Å²) in [6, 6.07) is 5.84. The Morgan fingerprint density at radius 2 is 1.88 bits per heavy atom. The molecule has 3 amide bonds. The van der Waals surface area contributed by atoms with Gasteiger partial charge >= 0.3 is 6.03 Å². The van der Waals surface area contributed by atoms with Gasteiger partial charge in [-0.25, -0.2) is 4.79 Å². The first kappa shape index (κ1) is 17.7. The Morgan fingerprint density at radius 1 is 1.12 bits per heavy atom. The molecule has 0 bridgehead atoms. The third-order valence-electron chi connectivity index (χ3n) is 5.11. The molecule has 25 heavy (non-hydrogen) atoms. The normalized spacial score (nSPS) is 20.7. The van der Waals surface area contributed by atoms with Crippen LogP contribution in [-0.2, 0) is 4.79 Å². The van der Waals surface area contributed by atoms with Crippen LogP contribution in [0, 0.1) is 6.92 Å². The van der Waals surface area contributed by atoms with Gasteiger partial charge in [-0.05, 0) is 63.4 Å². The van der Waals surface area contributed by atoms with Crippen molar-refractivity contribution in [2.75, 3.05) is 36.8 Å². The molecule has 1 atom stereocenters. The molecule has 2 aliphatic heterocycles. The number of hydrogen-bond donors (Lipinski definition) is 2. The van der Waals surface area contributed by atoms with Crippen LogP contribution < -0.4 is 10.6 Å². The molecule has 2 fully saturated rings. The van der Waals surface area contributed by atoms with Gasteiger partial charge in [0.25, 0.3) is 0 Å². The summed E-state index contributed by atoms with van der Waals surface area (Å²) in [4.78, 5) is 28.5. The van der Waals surface area contributed by atoms with E-state index in [0.717, 1.165) is 50.3 Å². The average molecular weight is 344 g/mol. The van der Waals surface area contributed by atoms with E-state index in [1.807, 2.05) is 30.0 Å². The smallest absolute Gasteiger partial charge is 0.322 e. The van der Waals surface area contributed by atoms with Crippen LogP contribution in [0.4, 0.5) is 16.2 Å². The number of urea groups is 1. The predicted octanol–water partition coefficient (Wildman–Crippen LogP) is 3.05. The maximum absolute atomic E-state index is 12.8. The number of carbonyl (C=O) groups is 2. The molecule has 0 aromatic heterocycles. The van der Waals surface area contributed by atoms with Gasteiger partial charge in [0.15, 0.2) is 0 Å². The third kappa shape index (κ3) is 4.51. The standard InChI is InChI=1S/C19H28N4O2/c1-14-7-8-16(20-15(2)24)12-18(14)21-19(25)23-11-5-6-17(23)13-22-9-3-4-10-22/h7-8,12,17H,3-6,9-11,13H2,1-2H3,(H,20,24)(H,21,25)/t17-/m0/s1. The van der Waals surface area contributed by atoms with Crippen LogP contribution in [0.25, 0.3) is 0 Å². The van der Waals surface area contributed by atoms with Gasteiger partial charge in [0.05, 0.1) is 0 Å². The predicted molar refractivity (Wildman–Crippen MR) is 99.9 cm³/mol. The number of amides is 3. The summed E-state index contributed by atoms with van der Waals surface area (Å²) >= 11 is 0. The second-order valence-corrected chi connectivity index (χ2v) is 7.14. The van der Waals surface area contributed by atoms with Gasteiger partial charge in [0.2, 0.25) is 5.91 Å². The zero-order valence-electron chi connectivity index (χ0n) is 15.2. The van der Waals surface area contributed by atoms with Crippen LogP contribution >= 0.6 is 0 Å². The average Bonchev–Trinajstić information content (AvgIpc) is 3.22. The fourth-order valence-electron chi connectivity index (χ4n) is 3.78. The van der Waals surface area contributed by atoms with E-state index >= 15 is 0 Å². The van der Waals surface area contributed by atoms with Crippen LogP contribution in [0.15, 0.2) is 18.2 Å². The summed E-state index contributed by atoms with van der Waals surface area (Å²) < 4.78 is 0. The molecule has 1 aromatic carbocycles. The van der Waals surface area contributed by atoms with Gasteiger partial charge in [-0.2, -0.15) is 0 Å². The van der Waals surface area contributed by atoms with Gasteiger partial charge < -0.3 is 20.4 Å². The van der Waals surface area contributed by atoms with Crippen LogP contribution in [0.3, 0.4) is 0 Å². The van der Waals surface area contributed by atoms with Gasteiger partial charge in [-0.3, -0.25) is 4.79 Å². The Bertz CT molecular complexity index is 640. The summed E-state index contributed by atoms with van der Waals surface area (Å²) in [5, 5.41) is 5.80. The SMILES string of the molecule is CC(=O)Nc1ccc(C)c(NC(=O)N2CCC[C@H]2CN2CCCC2)c1. The summed E-state index contributed by atoms with van der Waals surface area (Å²) in [6.07, 6.45) is 4.69. The van der Waals surface area contributed by atoms with Crippen molar-refractivity contribution in [3.8, 4) is 0 Å². The van der Waals surface area contributed by atoms with E-state index in [4.69, 9.17) is 0 Å². The van der Waals surface area contributed by atoms with Crippen molar-refractivity contribution in [2.24, 2.45) is 0 Å². The molecule has 2 N–H and O–H groups in total. The highest BCUT2D eigenvalue weighted by Crippen LogP contribution is 2.24. The zero-order valence-corrected chi connectivity index (χ0v) is 15.2. The monoisotopic (exact) mass is 344 g/mol. The number of rotatable bonds is 4. The molecule has 0 radical (unpaired) electrons. The van der Waals surface area contributed by atoms with Crippen molar-refractivity contribution in [2.45, 2.75) is 45.6 Å². The largest absolute Gasteiger partial charge is 0.326 e. The topological polar surface area (TPSA) is 64.7 Å². The number of nitrogens with one attached hydrogen (secondary N) is 2. The highest BCUT2D eigenvalue weighted by molar-refractivity contribution is 5.93. The van der Waals surface area contributed by atoms with Gasteiger partial charge in [-0.1, -0.05) is 6.07 Å². The highest BCUT2D eigenvalue weighted by atomic mass is 16.2. The Labute approximate surface area is 149 Å². The number of benzene rings is 1. The minimum absolute atomic E-state index is 0.0372. The Morgan fingerprint density at radius 3 is 2.60 bits per heavy atom. The van der Waals surface area contributed by atoms with Crippen LogP contribution in [0.5, 0.6) is 0 Å². The first-order valence-corrected chi connectivity index (χ1v) is 9.21. The molecule has 1 aromatic rings. The number of anilines is 2. The molecule has 0 unspecified atom stereocenters. The van der Waals surface area contributed by atoms with Gasteiger partial charge in [0, 0.05) is 37.4 Å². The molecule has 2 saturated heterocycles. The molecular formula is C19H28N4O2. The van der Waals surface area contributed by atoms with Crippen molar-refractivity contribution >= 4 is 23.3 Å². The number of aryl methyl sites for hydroxylation is 1. The number of carbonyl (C=O) groups excluding carboxylic acids is 2. The molecule has 0 saturated carbocycles. The second-order valence-electron chi connectivity index (χ2n) is 7.14. The summed E-state index contributed by atoms with van der Waals surface area (Å²) in [5.74, 6) is -0.119. The van der Waals surface area contributed by atoms with Crippen LogP contribution in [0.2, 0.25) is 0 Å². The highest BCUT2D eigenvalue weighted by Gasteiger charge is 2.31. The maximum Gasteiger partial charge on any atom is 0.322 e. The van der Waals surface area contributed by atoms with Gasteiger partial charge in [0.1, 0.15) is 0 Å². The molecule has 2 aliphatic rings. The fourth-order valence-corrected chi connectivity index (χ4v) is 3.78. The number of nitrogens with zero attached hydrogens (tertiary/aromatic N) is 2. The lowest BCUT2D eigenvalue weighted by molar-refractivity contribution is -0.114. The summed E-state index contributed by atoms with van der Waals surface area (Å²) in [5.41, 5.74) is 2.43. The molecule has 6 nitrogen and oxygen atoms in total. The van der Waals surface area contributed by atoms with Crippen molar-refractivity contribution in [3.05, 3.63) is 23.8 Å². The first-order chi connectivity index (χ1) is 12.0. The number of hydrogen-bond acceptors (Lipinski definition) is 3. The van der Waals surface area contributed by atoms with E-state index in [1.54, 1.807) is 0 Å². The second kappa shape index (κ2) is 7.87. The first-order valence-electron chi connectivity index (χ1n) is 9.21. The van der Waals surface area contributed by atoms with Crippen LogP contribution in [0.1, 0.15) is 38.2 Å². The summed E-state index contributed by atoms with van der Waals surface area (Å²) in [6.45, 7) is 7.55. The summed E-state index contributed by atoms with van der Waals surface area (Å²) in [7, 11) is 0. The van der Waals surface area contributed by atoms with E-state index in [2.05, 4.69) is 15.5 Å². The van der Waals surface area contributed by atoms with Crippen LogP contribution in [-0.4, -0.2) is 54.0 Å². The van der Waals surface area contributed by atoms with E-state index in [0.29, 0.717) is 11.7 Å². The minimum Gasteiger partial charge on any atom is -0.326 e. The molecule has 136 valence electrons. The molecular weight excluding hydrogens is 316 g/mol. The Balaban J connectivity index is 1.65. The van der Waals surface area contributed by atoms with Crippen molar-refractivity contribution in [1.82, 2.24) is 9.80 Å². The molecule has 2 heterocycles. The fraction of sp³-hybridized carbons (Fsp3) is 0.579.